The van der Waals surface area contributed by atoms with Crippen molar-refractivity contribution in [2.24, 2.45) is 0 Å². The molecule has 0 aromatic rings. The average molecular weight is 597 g/mol. The SMILES string of the molecule is [I][Y]([I])([I])[I]. The Kier molecular flexibility index (Phi) is 7.11. The number of rotatable bonds is 0. The van der Waals surface area contributed by atoms with Gasteiger partial charge in [0.2, 0.25) is 0 Å². The Morgan fingerprint density at radius 2 is 0.800 bits per heavy atom. The van der Waals surface area contributed by atoms with Crippen molar-refractivity contribution >= 4 is 65.4 Å². The number of hydrogen-bond donors (Lipinski definition) is 0. The molecule has 0 aliphatic carbocycles. The van der Waals surface area contributed by atoms with Crippen LogP contribution in [0.1, 0.15) is 0 Å². The van der Waals surface area contributed by atoms with Crippen LogP contribution in [0.3, 0.4) is 0 Å². The second-order valence-electron chi connectivity index (χ2n) is 0.495. The quantitative estimate of drug-likeness (QED) is 0.376. The fourth-order valence-corrected chi connectivity index (χ4v) is 0. The molecule has 0 aromatic carbocycles. The van der Waals surface area contributed by atoms with Gasteiger partial charge in [-0.15, -0.1) is 0 Å². The molecule has 0 unspecified atom stereocenters. The topological polar surface area (TPSA) is 0 Å². The predicted molar refractivity (Wildman–Crippen MR) is 56.1 cm³/mol. The fraction of sp³-hybridized carbons (Fsp3) is 0. The van der Waals surface area contributed by atoms with Crippen LogP contribution in [-0.2, 0) is 6.57 Å². The third-order valence-electron chi connectivity index (χ3n) is 0. The van der Waals surface area contributed by atoms with E-state index in [0.29, 0.717) is 0 Å². The molecular formula is I4Y. The summed E-state index contributed by atoms with van der Waals surface area (Å²) < 4.78 is 0. The van der Waals surface area contributed by atoms with Gasteiger partial charge < -0.3 is 0 Å². The second-order valence-corrected chi connectivity index (χ2v) is 132. The van der Waals surface area contributed by atoms with Gasteiger partial charge in [-0.3, -0.25) is 0 Å². The van der Waals surface area contributed by atoms with E-state index < -0.39 is 6.57 Å². The van der Waals surface area contributed by atoms with Gasteiger partial charge in [0.25, 0.3) is 0 Å². The molecule has 0 saturated carbocycles. The maximum absolute atomic E-state index is 2.56. The van der Waals surface area contributed by atoms with Crippen molar-refractivity contribution < 1.29 is 6.57 Å². The van der Waals surface area contributed by atoms with Crippen LogP contribution in [0.4, 0.5) is 0 Å². The molecule has 0 rings (SSSR count). The van der Waals surface area contributed by atoms with Gasteiger partial charge in [0.05, 0.1) is 0 Å². The summed E-state index contributed by atoms with van der Waals surface area (Å²) in [5.74, 6) is 0. The summed E-state index contributed by atoms with van der Waals surface area (Å²) in [6.07, 6.45) is 0. The summed E-state index contributed by atoms with van der Waals surface area (Å²) >= 11 is 10.2. The molecule has 0 aliphatic heterocycles. The van der Waals surface area contributed by atoms with Crippen LogP contribution in [0.2, 0.25) is 0 Å². The van der Waals surface area contributed by atoms with Crippen LogP contribution >= 0.6 is 65.4 Å². The van der Waals surface area contributed by atoms with E-state index in [1.54, 1.807) is 0 Å². The molecule has 0 fully saturated rings. The van der Waals surface area contributed by atoms with Gasteiger partial charge in [0.1, 0.15) is 0 Å². The summed E-state index contributed by atoms with van der Waals surface area (Å²) in [6.45, 7) is -1.38. The Hall–Kier alpha value is 4.02. The van der Waals surface area contributed by atoms with E-state index in [1.165, 1.54) is 0 Å². The first kappa shape index (κ1) is 9.02. The van der Waals surface area contributed by atoms with Gasteiger partial charge in [0, 0.05) is 0 Å². The minimum atomic E-state index is -1.38. The van der Waals surface area contributed by atoms with Gasteiger partial charge in [0.15, 0.2) is 0 Å². The molecule has 0 aliphatic rings. The van der Waals surface area contributed by atoms with Gasteiger partial charge in [-0.25, -0.2) is 0 Å². The van der Waals surface area contributed by atoms with E-state index in [1.807, 2.05) is 0 Å². The molecule has 31 valence electrons. The van der Waals surface area contributed by atoms with Crippen molar-refractivity contribution in [2.75, 3.05) is 0 Å². The number of halogens is 4. The van der Waals surface area contributed by atoms with Crippen LogP contribution in [0.25, 0.3) is 0 Å². The molecule has 0 spiro atoms. The van der Waals surface area contributed by atoms with Gasteiger partial charge in [-0.2, -0.15) is 0 Å². The molecule has 0 atom stereocenters. The second kappa shape index (κ2) is 3.94. The Morgan fingerprint density at radius 1 is 0.800 bits per heavy atom. The summed E-state index contributed by atoms with van der Waals surface area (Å²) in [4.78, 5) is 0. The molecule has 0 aromatic heterocycles. The molecule has 0 N–H and O–H groups in total. The normalized spacial score (nSPS) is 12.0. The summed E-state index contributed by atoms with van der Waals surface area (Å²) in [5, 5.41) is 0. The molecule has 0 saturated heterocycles. The van der Waals surface area contributed by atoms with Crippen molar-refractivity contribution in [1.29, 1.82) is 0 Å². The van der Waals surface area contributed by atoms with Crippen LogP contribution < -0.4 is 0 Å². The van der Waals surface area contributed by atoms with Crippen molar-refractivity contribution in [1.82, 2.24) is 0 Å². The summed E-state index contributed by atoms with van der Waals surface area (Å²) in [7, 11) is 0. The van der Waals surface area contributed by atoms with E-state index in [-0.39, 0.29) is 0 Å². The third-order valence-corrected chi connectivity index (χ3v) is 0. The zero-order valence-electron chi connectivity index (χ0n) is 2.09. The van der Waals surface area contributed by atoms with E-state index in [9.17, 15) is 0 Å². The Labute approximate surface area is 68.7 Å². The molecule has 5 heavy (non-hydrogen) atoms. The Balaban J connectivity index is 3.02. The third kappa shape index (κ3) is 18.0. The van der Waals surface area contributed by atoms with Gasteiger partial charge in [-0.05, 0) is 0 Å². The van der Waals surface area contributed by atoms with Gasteiger partial charge >= 0.3 is 71.9 Å². The molecule has 0 radical (unpaired) electrons. The van der Waals surface area contributed by atoms with E-state index >= 15 is 0 Å². The first-order chi connectivity index (χ1) is 2.00. The monoisotopic (exact) mass is 597 g/mol. The van der Waals surface area contributed by atoms with Crippen molar-refractivity contribution in [3.8, 4) is 0 Å². The zero-order chi connectivity index (χ0) is 4.50. The summed E-state index contributed by atoms with van der Waals surface area (Å²) in [5.41, 5.74) is 0. The van der Waals surface area contributed by atoms with Crippen LogP contribution in [0.15, 0.2) is 0 Å². The predicted octanol–water partition coefficient (Wildman–Crippen LogP) is 3.54. The van der Waals surface area contributed by atoms with E-state index in [2.05, 4.69) is 65.4 Å². The van der Waals surface area contributed by atoms with Gasteiger partial charge in [-0.1, -0.05) is 0 Å². The first-order valence-corrected chi connectivity index (χ1v) is 34.6. The standard InChI is InChI=1S/4HI.Y/h4*1H;/q;;;;+4/p-4. The van der Waals surface area contributed by atoms with Crippen molar-refractivity contribution in [2.45, 2.75) is 0 Å². The van der Waals surface area contributed by atoms with Crippen LogP contribution in [0, 0.1) is 0 Å². The van der Waals surface area contributed by atoms with Crippen LogP contribution in [0.5, 0.6) is 0 Å². The minimum absolute atomic E-state index is 1.38. The van der Waals surface area contributed by atoms with Crippen molar-refractivity contribution in [3.63, 3.8) is 0 Å². The molecule has 0 amide bonds. The molecule has 5 heteroatoms. The Morgan fingerprint density at radius 3 is 0.800 bits per heavy atom. The molecular weight excluding hydrogens is 597 g/mol. The van der Waals surface area contributed by atoms with Crippen molar-refractivity contribution in [3.05, 3.63) is 0 Å². The summed E-state index contributed by atoms with van der Waals surface area (Å²) in [6, 6.07) is 0. The maximum atomic E-state index is 2.56. The Bertz CT molecular complexity index is 19.1. The number of hydrogen-bond acceptors (Lipinski definition) is 0. The molecule has 0 nitrogen and oxygen atoms in total. The fourth-order valence-electron chi connectivity index (χ4n) is 0. The first-order valence-electron chi connectivity index (χ1n) is 0.873. The molecule has 0 bridgehead atoms. The van der Waals surface area contributed by atoms with Crippen LogP contribution in [-0.4, -0.2) is 0 Å². The zero-order valence-corrected chi connectivity index (χ0v) is 13.6. The van der Waals surface area contributed by atoms with E-state index in [0.717, 1.165) is 0 Å². The van der Waals surface area contributed by atoms with E-state index in [4.69, 9.17) is 0 Å². The average Bonchev–Trinajstić information content (AvgIpc) is 0.722. The molecule has 0 heterocycles.